The minimum Gasteiger partial charge on any atom is -0.371 e. The molecule has 6 aliphatic heterocycles. The number of nitrogens with zero attached hydrogens (tertiary/aromatic N) is 8. The van der Waals surface area contributed by atoms with E-state index in [1.165, 1.54) is 12.3 Å². The molecule has 60 heavy (non-hydrogen) atoms. The number of rotatable bonds is 7. The van der Waals surface area contributed by atoms with E-state index < -0.39 is 47.1 Å². The molecule has 7 heterocycles. The number of imide groups is 2. The van der Waals surface area contributed by atoms with Crippen molar-refractivity contribution in [2.75, 3.05) is 86.7 Å². The highest BCUT2D eigenvalue weighted by molar-refractivity contribution is 6.23. The molecule has 0 radical (unpaired) electrons. The van der Waals surface area contributed by atoms with Crippen LogP contribution in [0.3, 0.4) is 0 Å². The average molecular weight is 824 g/mol. The lowest BCUT2D eigenvalue weighted by Crippen LogP contribution is -2.55. The summed E-state index contributed by atoms with van der Waals surface area (Å²) in [4.78, 5) is 79.4. The largest absolute Gasteiger partial charge is 0.419 e. The van der Waals surface area contributed by atoms with Crippen LogP contribution in [0.15, 0.2) is 54.7 Å². The first-order chi connectivity index (χ1) is 28.8. The maximum absolute atomic E-state index is 13.6. The number of pyridine rings is 1. The molecule has 9 rings (SSSR count). The smallest absolute Gasteiger partial charge is 0.371 e. The molecule has 0 aliphatic carbocycles. The van der Waals surface area contributed by atoms with Crippen LogP contribution in [0, 0.1) is 22.7 Å². The van der Waals surface area contributed by atoms with Crippen molar-refractivity contribution >= 4 is 46.6 Å². The Hall–Kier alpha value is -6.02. The number of piperazine rings is 1. The Balaban J connectivity index is 0.718. The topological polar surface area (TPSA) is 154 Å². The second-order valence-electron chi connectivity index (χ2n) is 16.9. The second kappa shape index (κ2) is 15.2. The highest BCUT2D eigenvalue weighted by atomic mass is 19.4. The number of fused-ring (bicyclic) bond motifs is 1. The van der Waals surface area contributed by atoms with E-state index in [1.807, 2.05) is 40.1 Å². The number of nitrogens with one attached hydrogen (secondary N) is 1. The van der Waals surface area contributed by atoms with E-state index in [-0.39, 0.29) is 35.3 Å². The summed E-state index contributed by atoms with van der Waals surface area (Å²) < 4.78 is 40.7. The zero-order chi connectivity index (χ0) is 41.9. The number of hydrogen-bond donors (Lipinski definition) is 1. The summed E-state index contributed by atoms with van der Waals surface area (Å²) in [7, 11) is 0. The number of piperidine rings is 2. The van der Waals surface area contributed by atoms with Gasteiger partial charge in [-0.15, -0.1) is 0 Å². The lowest BCUT2D eigenvalue weighted by atomic mass is 9.77. The molecule has 1 spiro atoms. The average Bonchev–Trinajstić information content (AvgIpc) is 3.75. The molecule has 0 saturated carbocycles. The maximum Gasteiger partial charge on any atom is 0.419 e. The molecular formula is C43H44F3N9O5. The number of carbonyl (C=O) groups excluding carboxylic acids is 5. The van der Waals surface area contributed by atoms with Gasteiger partial charge in [-0.2, -0.15) is 18.4 Å². The van der Waals surface area contributed by atoms with E-state index in [0.717, 1.165) is 87.4 Å². The van der Waals surface area contributed by atoms with Gasteiger partial charge >= 0.3 is 6.18 Å². The normalized spacial score (nSPS) is 22.3. The fraction of sp³-hybridized carbons (Fsp3) is 0.465. The van der Waals surface area contributed by atoms with E-state index >= 15 is 0 Å². The van der Waals surface area contributed by atoms with Crippen molar-refractivity contribution < 1.29 is 37.1 Å². The van der Waals surface area contributed by atoms with Gasteiger partial charge in [0.15, 0.2) is 5.69 Å². The first kappa shape index (κ1) is 39.4. The van der Waals surface area contributed by atoms with Crippen LogP contribution in [-0.4, -0.2) is 127 Å². The maximum atomic E-state index is 13.6. The van der Waals surface area contributed by atoms with Gasteiger partial charge in [0.25, 0.3) is 17.7 Å². The minimum absolute atomic E-state index is 0.0223. The van der Waals surface area contributed by atoms with E-state index in [9.17, 15) is 37.1 Å². The number of benzene rings is 2. The number of likely N-dealkylation sites (tertiary alicyclic amines) is 1. The van der Waals surface area contributed by atoms with Crippen LogP contribution in [0.2, 0.25) is 0 Å². The molecule has 5 saturated heterocycles. The van der Waals surface area contributed by atoms with E-state index in [4.69, 9.17) is 5.26 Å². The summed E-state index contributed by atoms with van der Waals surface area (Å²) in [5.74, 6) is -1.61. The van der Waals surface area contributed by atoms with Gasteiger partial charge in [-0.25, -0.2) is 4.98 Å². The molecule has 5 fully saturated rings. The zero-order valence-corrected chi connectivity index (χ0v) is 32.9. The van der Waals surface area contributed by atoms with Crippen LogP contribution in [0.4, 0.5) is 30.2 Å². The second-order valence-corrected chi connectivity index (χ2v) is 16.9. The summed E-state index contributed by atoms with van der Waals surface area (Å²) in [5, 5.41) is 11.3. The number of halogens is 3. The summed E-state index contributed by atoms with van der Waals surface area (Å²) in [6.45, 7) is 8.45. The number of nitriles is 1. The zero-order valence-electron chi connectivity index (χ0n) is 32.9. The predicted octanol–water partition coefficient (Wildman–Crippen LogP) is 3.76. The first-order valence-corrected chi connectivity index (χ1v) is 20.5. The molecular weight excluding hydrogens is 780 g/mol. The minimum atomic E-state index is -4.66. The van der Waals surface area contributed by atoms with Crippen molar-refractivity contribution in [3.63, 3.8) is 0 Å². The SMILES string of the molecule is N#Cc1ncc(N2CCC3(CCN(C(=O)c4ccc(N5CCN(CC6CN(c7ccc8c(c7)C(=O)N(C7CCC(=O)NC7=O)C8=O)C6)CC5)cc4)CC3)C2)cc1C(F)(F)F. The Labute approximate surface area is 344 Å². The molecule has 17 heteroatoms. The van der Waals surface area contributed by atoms with Crippen molar-refractivity contribution in [3.8, 4) is 6.07 Å². The fourth-order valence-electron chi connectivity index (χ4n) is 9.78. The molecule has 1 N–H and O–H groups in total. The molecule has 3 aromatic rings. The third kappa shape index (κ3) is 7.31. The van der Waals surface area contributed by atoms with Crippen molar-refractivity contribution in [1.82, 2.24) is 25.0 Å². The summed E-state index contributed by atoms with van der Waals surface area (Å²) >= 11 is 0. The van der Waals surface area contributed by atoms with E-state index in [2.05, 4.69) is 25.0 Å². The van der Waals surface area contributed by atoms with Crippen LogP contribution in [0.1, 0.15) is 74.4 Å². The molecule has 1 aromatic heterocycles. The third-order valence-electron chi connectivity index (χ3n) is 13.3. The molecule has 6 aliphatic rings. The summed E-state index contributed by atoms with van der Waals surface area (Å²) in [6, 6.07) is 14.6. The summed E-state index contributed by atoms with van der Waals surface area (Å²) in [5.41, 5.74) is 1.74. The van der Waals surface area contributed by atoms with Crippen LogP contribution in [0.25, 0.3) is 0 Å². The van der Waals surface area contributed by atoms with Gasteiger partial charge in [-0.3, -0.25) is 39.1 Å². The molecule has 2 aromatic carbocycles. The van der Waals surface area contributed by atoms with Gasteiger partial charge in [-0.1, -0.05) is 0 Å². The fourth-order valence-corrected chi connectivity index (χ4v) is 9.78. The first-order valence-electron chi connectivity index (χ1n) is 20.5. The van der Waals surface area contributed by atoms with Gasteiger partial charge in [-0.05, 0) is 79.6 Å². The van der Waals surface area contributed by atoms with Crippen LogP contribution >= 0.6 is 0 Å². The Kier molecular flexibility index (Phi) is 10.0. The predicted molar refractivity (Wildman–Crippen MR) is 212 cm³/mol. The van der Waals surface area contributed by atoms with Crippen LogP contribution in [-0.2, 0) is 15.8 Å². The molecule has 312 valence electrons. The lowest BCUT2D eigenvalue weighted by molar-refractivity contribution is -0.138. The highest BCUT2D eigenvalue weighted by Crippen LogP contribution is 2.43. The Bertz CT molecular complexity index is 2290. The molecule has 14 nitrogen and oxygen atoms in total. The van der Waals surface area contributed by atoms with Crippen molar-refractivity contribution in [3.05, 3.63) is 82.7 Å². The van der Waals surface area contributed by atoms with Gasteiger partial charge < -0.3 is 19.6 Å². The third-order valence-corrected chi connectivity index (χ3v) is 13.3. The number of anilines is 3. The van der Waals surface area contributed by atoms with Crippen LogP contribution in [0.5, 0.6) is 0 Å². The monoisotopic (exact) mass is 823 g/mol. The molecule has 1 unspecified atom stereocenters. The quantitative estimate of drug-likeness (QED) is 0.347. The van der Waals surface area contributed by atoms with Crippen molar-refractivity contribution in [2.24, 2.45) is 11.3 Å². The Morgan fingerprint density at radius 2 is 1.50 bits per heavy atom. The van der Waals surface area contributed by atoms with Crippen molar-refractivity contribution in [2.45, 2.75) is 44.3 Å². The number of amides is 5. The number of aromatic nitrogens is 1. The standard InChI is InChI=1S/C43H44F3N9O5/c44-43(45,46)34-20-31(22-48-35(34)21-47)53-14-11-42(26-53)9-12-52(13-10-42)39(58)28-1-3-29(4-2-28)51-17-15-50(16-18-51)23-27-24-54(25-27)30-5-6-32-33(19-30)41(60)55(40(32)59)36-7-8-37(56)49-38(36)57/h1-6,19-20,22,27,36H,7-18,23-26H2,(H,49,56,57). The van der Waals surface area contributed by atoms with E-state index in [0.29, 0.717) is 43.3 Å². The van der Waals surface area contributed by atoms with Crippen molar-refractivity contribution in [1.29, 1.82) is 5.26 Å². The Morgan fingerprint density at radius 3 is 2.18 bits per heavy atom. The molecule has 1 atom stereocenters. The van der Waals surface area contributed by atoms with E-state index in [1.54, 1.807) is 12.1 Å². The van der Waals surface area contributed by atoms with Gasteiger partial charge in [0.2, 0.25) is 11.8 Å². The van der Waals surface area contributed by atoms with Gasteiger partial charge in [0, 0.05) is 101 Å². The lowest BCUT2D eigenvalue weighted by Gasteiger charge is -2.45. The molecule has 0 bridgehead atoms. The summed E-state index contributed by atoms with van der Waals surface area (Å²) in [6.07, 6.45) is -0.784. The Morgan fingerprint density at radius 1 is 0.817 bits per heavy atom. The van der Waals surface area contributed by atoms with Crippen LogP contribution < -0.4 is 20.0 Å². The number of alkyl halides is 3. The number of hydrogen-bond acceptors (Lipinski definition) is 11. The highest BCUT2D eigenvalue weighted by Gasteiger charge is 2.46. The van der Waals surface area contributed by atoms with Gasteiger partial charge in [0.1, 0.15) is 12.1 Å². The molecule has 5 amide bonds. The van der Waals surface area contributed by atoms with Gasteiger partial charge in [0.05, 0.1) is 28.6 Å². The number of carbonyl (C=O) groups is 5.